The number of carbonyl (C=O) groups is 2. The fourth-order valence-corrected chi connectivity index (χ4v) is 7.84. The van der Waals surface area contributed by atoms with E-state index in [1.807, 2.05) is 58.0 Å². The monoisotopic (exact) mass is 697 g/mol. The van der Waals surface area contributed by atoms with Crippen LogP contribution in [0.3, 0.4) is 0 Å². The molecule has 2 bridgehead atoms. The summed E-state index contributed by atoms with van der Waals surface area (Å²) < 4.78 is 18.4. The van der Waals surface area contributed by atoms with E-state index in [4.69, 9.17) is 25.8 Å². The zero-order valence-electron chi connectivity index (χ0n) is 28.4. The van der Waals surface area contributed by atoms with Gasteiger partial charge in [0.1, 0.15) is 0 Å². The Morgan fingerprint density at radius 3 is 2.20 bits per heavy atom. The van der Waals surface area contributed by atoms with Gasteiger partial charge in [-0.2, -0.15) is 0 Å². The molecule has 0 spiro atoms. The van der Waals surface area contributed by atoms with Crippen LogP contribution in [0.4, 0.5) is 17.1 Å². The number of benzene rings is 3. The Kier molecular flexibility index (Phi) is 9.33. The Bertz CT molecular complexity index is 1970. The molecule has 7 rings (SSSR count). The van der Waals surface area contributed by atoms with Crippen molar-refractivity contribution in [3.63, 3.8) is 0 Å². The summed E-state index contributed by atoms with van der Waals surface area (Å²) in [5, 5.41) is 3.80. The summed E-state index contributed by atoms with van der Waals surface area (Å²) in [5.74, 6) is 1.01. The normalized spacial score (nSPS) is 18.3. The molecule has 2 amide bonds. The van der Waals surface area contributed by atoms with Crippen LogP contribution in [-0.2, 0) is 6.54 Å². The van der Waals surface area contributed by atoms with Gasteiger partial charge in [-0.25, -0.2) is 0 Å². The third kappa shape index (κ3) is 6.33. The molecule has 3 aliphatic rings. The molecule has 50 heavy (non-hydrogen) atoms. The van der Waals surface area contributed by atoms with Gasteiger partial charge in [-0.15, -0.1) is 0 Å². The van der Waals surface area contributed by atoms with Crippen molar-refractivity contribution in [3.05, 3.63) is 105 Å². The van der Waals surface area contributed by atoms with Gasteiger partial charge >= 0.3 is 0 Å². The topological polar surface area (TPSA) is 106 Å². The molecule has 2 saturated heterocycles. The quantitative estimate of drug-likeness (QED) is 0.262. The molecule has 2 atom stereocenters. The maximum Gasteiger partial charge on any atom is 0.255 e. The van der Waals surface area contributed by atoms with E-state index in [1.165, 1.54) is 21.3 Å². The first-order valence-corrected chi connectivity index (χ1v) is 17.1. The van der Waals surface area contributed by atoms with E-state index in [-0.39, 0.29) is 23.3 Å². The van der Waals surface area contributed by atoms with Crippen LogP contribution < -0.4 is 34.9 Å². The standard InChI is InChI=1S/C38H40ClN5O6/c1-48-33-19-26(20-34(49-2)36(33)50-3)37(46)40-29-18-25(38(47)42-15-13-41(14-16-42)31-8-5-4-7-28(31)39)11-12-32(29)43-21-24-17-27(23-43)30-9-6-10-35(45)44(30)22-24/h4-12,18-20,24,27H,13-17,21-23H2,1-3H3,(H,40,46). The van der Waals surface area contributed by atoms with Crippen LogP contribution in [0.2, 0.25) is 5.02 Å². The summed E-state index contributed by atoms with van der Waals surface area (Å²) in [6, 6.07) is 22.0. The van der Waals surface area contributed by atoms with Crippen molar-refractivity contribution in [2.24, 2.45) is 5.92 Å². The van der Waals surface area contributed by atoms with Gasteiger partial charge in [-0.1, -0.05) is 29.8 Å². The SMILES string of the molecule is COc1cc(C(=O)Nc2cc(C(=O)N3CCN(c4ccccc4Cl)CC3)ccc2N2CC3CC(C2)c2cccc(=O)n2C3)cc(OC)c1OC. The van der Waals surface area contributed by atoms with E-state index in [2.05, 4.69) is 15.1 Å². The van der Waals surface area contributed by atoms with Crippen LogP contribution in [0.5, 0.6) is 17.2 Å². The Labute approximate surface area is 295 Å². The summed E-state index contributed by atoms with van der Waals surface area (Å²) in [6.45, 7) is 4.40. The zero-order chi connectivity index (χ0) is 34.9. The predicted octanol–water partition coefficient (Wildman–Crippen LogP) is 5.37. The third-order valence-corrected chi connectivity index (χ3v) is 10.3. The lowest BCUT2D eigenvalue weighted by molar-refractivity contribution is 0.0746. The fourth-order valence-electron chi connectivity index (χ4n) is 7.59. The second-order valence-corrected chi connectivity index (χ2v) is 13.3. The molecule has 0 radical (unpaired) electrons. The average Bonchev–Trinajstić information content (AvgIpc) is 3.14. The van der Waals surface area contributed by atoms with Gasteiger partial charge < -0.3 is 38.8 Å². The molecule has 1 N–H and O–H groups in total. The number of pyridine rings is 1. The lowest BCUT2D eigenvalue weighted by atomic mass is 9.83. The van der Waals surface area contributed by atoms with Gasteiger partial charge in [0.15, 0.2) is 11.5 Å². The first-order valence-electron chi connectivity index (χ1n) is 16.8. The Hall–Kier alpha value is -5.16. The van der Waals surface area contributed by atoms with Crippen LogP contribution >= 0.6 is 11.6 Å². The maximum absolute atomic E-state index is 13.9. The summed E-state index contributed by atoms with van der Waals surface area (Å²) in [4.78, 5) is 46.8. The molecule has 0 saturated carbocycles. The van der Waals surface area contributed by atoms with Crippen LogP contribution in [-0.4, -0.2) is 81.9 Å². The number of hydrogen-bond acceptors (Lipinski definition) is 8. The molecule has 1 aromatic heterocycles. The molecule has 12 heteroatoms. The lowest BCUT2D eigenvalue weighted by Gasteiger charge is -2.44. The summed E-state index contributed by atoms with van der Waals surface area (Å²) in [7, 11) is 4.51. The maximum atomic E-state index is 13.9. The number of halogens is 1. The fraction of sp³-hybridized carbons (Fsp3) is 0.342. The van der Waals surface area contributed by atoms with E-state index >= 15 is 0 Å². The highest BCUT2D eigenvalue weighted by Gasteiger charge is 2.36. The number of hydrogen-bond donors (Lipinski definition) is 1. The van der Waals surface area contributed by atoms with Crippen molar-refractivity contribution in [2.75, 3.05) is 75.7 Å². The number of anilines is 3. The highest BCUT2D eigenvalue weighted by atomic mass is 35.5. The first-order chi connectivity index (χ1) is 24.3. The Balaban J connectivity index is 1.19. The highest BCUT2D eigenvalue weighted by Crippen LogP contribution is 2.41. The number of para-hydroxylation sites is 1. The molecule has 2 unspecified atom stereocenters. The number of ether oxygens (including phenoxy) is 3. The number of carbonyl (C=O) groups excluding carboxylic acids is 2. The minimum atomic E-state index is -0.391. The van der Waals surface area contributed by atoms with E-state index < -0.39 is 5.91 Å². The van der Waals surface area contributed by atoms with E-state index in [0.29, 0.717) is 84.9 Å². The van der Waals surface area contributed by atoms with Crippen molar-refractivity contribution in [3.8, 4) is 17.2 Å². The molecule has 3 aromatic carbocycles. The molecular formula is C38H40ClN5O6. The smallest absolute Gasteiger partial charge is 0.255 e. The molecular weight excluding hydrogens is 658 g/mol. The van der Waals surface area contributed by atoms with Gasteiger partial charge in [0.25, 0.3) is 17.4 Å². The first kappa shape index (κ1) is 33.3. The van der Waals surface area contributed by atoms with E-state index in [1.54, 1.807) is 24.3 Å². The number of fused-ring (bicyclic) bond motifs is 4. The molecule has 260 valence electrons. The minimum absolute atomic E-state index is 0.0273. The average molecular weight is 698 g/mol. The zero-order valence-corrected chi connectivity index (χ0v) is 29.1. The van der Waals surface area contributed by atoms with Gasteiger partial charge in [-0.3, -0.25) is 14.4 Å². The van der Waals surface area contributed by atoms with Gasteiger partial charge in [0.2, 0.25) is 5.75 Å². The van der Waals surface area contributed by atoms with Crippen LogP contribution in [0.15, 0.2) is 77.6 Å². The van der Waals surface area contributed by atoms with Gasteiger partial charge in [0, 0.05) is 74.6 Å². The minimum Gasteiger partial charge on any atom is -0.493 e. The highest BCUT2D eigenvalue weighted by molar-refractivity contribution is 6.33. The molecule has 3 aliphatic heterocycles. The molecule has 4 aromatic rings. The number of amides is 2. The van der Waals surface area contributed by atoms with Crippen LogP contribution in [0.1, 0.15) is 38.7 Å². The van der Waals surface area contributed by atoms with Crippen molar-refractivity contribution in [2.45, 2.75) is 18.9 Å². The van der Waals surface area contributed by atoms with Crippen molar-refractivity contribution in [1.82, 2.24) is 9.47 Å². The molecule has 2 fully saturated rings. The number of methoxy groups -OCH3 is 3. The third-order valence-electron chi connectivity index (χ3n) is 10.00. The Morgan fingerprint density at radius 1 is 0.760 bits per heavy atom. The van der Waals surface area contributed by atoms with Crippen LogP contribution in [0.25, 0.3) is 0 Å². The van der Waals surface area contributed by atoms with E-state index in [0.717, 1.165) is 23.5 Å². The number of aromatic nitrogens is 1. The number of rotatable bonds is 8. The molecule has 0 aliphatic carbocycles. The predicted molar refractivity (Wildman–Crippen MR) is 194 cm³/mol. The second-order valence-electron chi connectivity index (χ2n) is 12.9. The number of nitrogens with zero attached hydrogens (tertiary/aromatic N) is 4. The van der Waals surface area contributed by atoms with Crippen molar-refractivity contribution < 1.29 is 23.8 Å². The largest absolute Gasteiger partial charge is 0.493 e. The summed E-state index contributed by atoms with van der Waals surface area (Å²) in [5.41, 5.74) is 4.14. The summed E-state index contributed by atoms with van der Waals surface area (Å²) >= 11 is 6.45. The van der Waals surface area contributed by atoms with Gasteiger partial charge in [-0.05, 0) is 60.9 Å². The Morgan fingerprint density at radius 2 is 1.50 bits per heavy atom. The molecule has 4 heterocycles. The van der Waals surface area contributed by atoms with Gasteiger partial charge in [0.05, 0.1) is 43.4 Å². The number of nitrogens with one attached hydrogen (secondary N) is 1. The van der Waals surface area contributed by atoms with E-state index in [9.17, 15) is 14.4 Å². The number of piperidine rings is 1. The second kappa shape index (κ2) is 14.0. The van der Waals surface area contributed by atoms with Crippen LogP contribution in [0, 0.1) is 5.92 Å². The lowest BCUT2D eigenvalue weighted by Crippen LogP contribution is -2.49. The summed E-state index contributed by atoms with van der Waals surface area (Å²) in [6.07, 6.45) is 0.990. The number of piperazine rings is 1. The van der Waals surface area contributed by atoms with Crippen molar-refractivity contribution >= 4 is 40.5 Å². The van der Waals surface area contributed by atoms with Crippen molar-refractivity contribution in [1.29, 1.82) is 0 Å². The molecule has 11 nitrogen and oxygen atoms in total.